The minimum absolute atomic E-state index is 0.0330. The van der Waals surface area contributed by atoms with Gasteiger partial charge >= 0.3 is 0 Å². The van der Waals surface area contributed by atoms with Gasteiger partial charge in [0.25, 0.3) is 0 Å². The van der Waals surface area contributed by atoms with Gasteiger partial charge in [-0.2, -0.15) is 0 Å². The summed E-state index contributed by atoms with van der Waals surface area (Å²) >= 11 is 0. The highest BCUT2D eigenvalue weighted by Gasteiger charge is 2.29. The third kappa shape index (κ3) is 7.67. The average molecular weight is 488 g/mol. The summed E-state index contributed by atoms with van der Waals surface area (Å²) in [5.74, 6) is -0.347. The van der Waals surface area contributed by atoms with Crippen LogP contribution in [0.25, 0.3) is 0 Å². The smallest absolute Gasteiger partial charge is 0.243 e. The van der Waals surface area contributed by atoms with Gasteiger partial charge in [0.15, 0.2) is 0 Å². The number of carbonyl (C=O) groups is 2. The number of benzene rings is 2. The molecule has 0 saturated heterocycles. The highest BCUT2D eigenvalue weighted by Crippen LogP contribution is 2.17. The molecule has 0 fully saturated rings. The van der Waals surface area contributed by atoms with Gasteiger partial charge in [0.2, 0.25) is 21.8 Å². The molecular weight excluding hydrogens is 450 g/mol. The molecule has 1 atom stereocenters. The fourth-order valence-electron chi connectivity index (χ4n) is 3.80. The van der Waals surface area contributed by atoms with Crippen LogP contribution in [0, 0.1) is 6.92 Å². The van der Waals surface area contributed by atoms with E-state index in [9.17, 15) is 18.0 Å². The van der Waals surface area contributed by atoms with Crippen molar-refractivity contribution in [3.05, 3.63) is 65.7 Å². The van der Waals surface area contributed by atoms with E-state index in [0.29, 0.717) is 19.4 Å². The number of aryl methyl sites for hydroxylation is 1. The predicted molar refractivity (Wildman–Crippen MR) is 135 cm³/mol. The number of nitrogens with zero attached hydrogens (tertiary/aromatic N) is 2. The van der Waals surface area contributed by atoms with Crippen LogP contribution in [0.4, 0.5) is 0 Å². The summed E-state index contributed by atoms with van der Waals surface area (Å²) in [5, 5.41) is 2.92. The molecule has 2 aromatic rings. The van der Waals surface area contributed by atoms with Crippen LogP contribution in [-0.2, 0) is 26.2 Å². The first-order valence-corrected chi connectivity index (χ1v) is 13.2. The van der Waals surface area contributed by atoms with Crippen LogP contribution in [0.3, 0.4) is 0 Å². The summed E-state index contributed by atoms with van der Waals surface area (Å²) in [7, 11) is -2.10. The summed E-state index contributed by atoms with van der Waals surface area (Å²) in [6, 6.07) is 15.5. The van der Waals surface area contributed by atoms with Gasteiger partial charge in [-0.05, 0) is 51.3 Å². The van der Waals surface area contributed by atoms with E-state index in [1.165, 1.54) is 11.4 Å². The number of carbonyl (C=O) groups excluding carboxylic acids is 2. The number of amides is 2. The van der Waals surface area contributed by atoms with Crippen molar-refractivity contribution < 1.29 is 18.0 Å². The van der Waals surface area contributed by atoms with Crippen molar-refractivity contribution in [3.63, 3.8) is 0 Å². The van der Waals surface area contributed by atoms with E-state index < -0.39 is 16.1 Å². The topological polar surface area (TPSA) is 86.8 Å². The van der Waals surface area contributed by atoms with Crippen LogP contribution in [0.2, 0.25) is 0 Å². The molecule has 0 aliphatic rings. The lowest BCUT2D eigenvalue weighted by molar-refractivity contribution is -0.141. The second-order valence-corrected chi connectivity index (χ2v) is 10.9. The summed E-state index contributed by atoms with van der Waals surface area (Å²) in [4.78, 5) is 28.0. The number of sulfonamides is 1. The Bertz CT molecular complexity index is 1050. The van der Waals surface area contributed by atoms with E-state index in [-0.39, 0.29) is 35.7 Å². The summed E-state index contributed by atoms with van der Waals surface area (Å²) in [6.45, 7) is 8.18. The molecule has 2 rings (SSSR count). The lowest BCUT2D eigenvalue weighted by Crippen LogP contribution is -2.50. The normalized spacial score (nSPS) is 12.6. The molecule has 2 aromatic carbocycles. The maximum Gasteiger partial charge on any atom is 0.243 e. The molecular formula is C26H37N3O4S. The third-order valence-electron chi connectivity index (χ3n) is 5.57. The van der Waals surface area contributed by atoms with Crippen molar-refractivity contribution in [1.29, 1.82) is 0 Å². The van der Waals surface area contributed by atoms with Crippen molar-refractivity contribution in [2.75, 3.05) is 13.6 Å². The Hall–Kier alpha value is -2.71. The molecule has 2 amide bonds. The van der Waals surface area contributed by atoms with Crippen LogP contribution in [0.5, 0.6) is 0 Å². The molecule has 0 heterocycles. The molecule has 0 spiro atoms. The Balaban J connectivity index is 2.13. The predicted octanol–water partition coefficient (Wildman–Crippen LogP) is 3.73. The van der Waals surface area contributed by atoms with Crippen LogP contribution < -0.4 is 5.32 Å². The van der Waals surface area contributed by atoms with Crippen molar-refractivity contribution >= 4 is 21.8 Å². The van der Waals surface area contributed by atoms with Gasteiger partial charge < -0.3 is 10.2 Å². The minimum Gasteiger partial charge on any atom is -0.352 e. The van der Waals surface area contributed by atoms with Gasteiger partial charge in [0.05, 0.1) is 4.90 Å². The minimum atomic E-state index is -3.61. The van der Waals surface area contributed by atoms with E-state index in [1.807, 2.05) is 52.0 Å². The Morgan fingerprint density at radius 2 is 1.71 bits per heavy atom. The van der Waals surface area contributed by atoms with E-state index in [2.05, 4.69) is 5.32 Å². The lowest BCUT2D eigenvalue weighted by Gasteiger charge is -2.31. The van der Waals surface area contributed by atoms with Crippen molar-refractivity contribution in [1.82, 2.24) is 14.5 Å². The fourth-order valence-corrected chi connectivity index (χ4v) is 5.03. The van der Waals surface area contributed by atoms with Crippen molar-refractivity contribution in [2.24, 2.45) is 0 Å². The highest BCUT2D eigenvalue weighted by atomic mass is 32.2. The lowest BCUT2D eigenvalue weighted by atomic mass is 10.1. The summed E-state index contributed by atoms with van der Waals surface area (Å²) in [6.07, 6.45) is 0.984. The zero-order valence-electron chi connectivity index (χ0n) is 20.8. The monoisotopic (exact) mass is 487 g/mol. The van der Waals surface area contributed by atoms with Crippen molar-refractivity contribution in [3.8, 4) is 0 Å². The van der Waals surface area contributed by atoms with Gasteiger partial charge in [-0.15, -0.1) is 0 Å². The van der Waals surface area contributed by atoms with Gasteiger partial charge in [0.1, 0.15) is 6.04 Å². The Morgan fingerprint density at radius 1 is 1.03 bits per heavy atom. The molecule has 0 radical (unpaired) electrons. The molecule has 0 aromatic heterocycles. The van der Waals surface area contributed by atoms with E-state index in [1.54, 1.807) is 35.2 Å². The van der Waals surface area contributed by atoms with Crippen LogP contribution in [0.1, 0.15) is 51.2 Å². The summed E-state index contributed by atoms with van der Waals surface area (Å²) < 4.78 is 26.7. The molecule has 34 heavy (non-hydrogen) atoms. The molecule has 8 heteroatoms. The zero-order valence-corrected chi connectivity index (χ0v) is 21.6. The molecule has 0 unspecified atom stereocenters. The van der Waals surface area contributed by atoms with E-state index in [4.69, 9.17) is 0 Å². The first kappa shape index (κ1) is 27.5. The Labute approximate surface area is 204 Å². The van der Waals surface area contributed by atoms with E-state index in [0.717, 1.165) is 11.1 Å². The highest BCUT2D eigenvalue weighted by molar-refractivity contribution is 7.89. The zero-order chi connectivity index (χ0) is 25.3. The van der Waals surface area contributed by atoms with E-state index >= 15 is 0 Å². The van der Waals surface area contributed by atoms with Gasteiger partial charge in [-0.25, -0.2) is 12.7 Å². The maximum absolute atomic E-state index is 13.3. The first-order valence-electron chi connectivity index (χ1n) is 11.7. The number of nitrogens with one attached hydrogen (secondary N) is 1. The van der Waals surface area contributed by atoms with Crippen LogP contribution in [0.15, 0.2) is 59.5 Å². The molecule has 0 saturated carbocycles. The van der Waals surface area contributed by atoms with Crippen LogP contribution >= 0.6 is 0 Å². The number of rotatable bonds is 12. The van der Waals surface area contributed by atoms with Gasteiger partial charge in [-0.3, -0.25) is 9.59 Å². The first-order chi connectivity index (χ1) is 16.1. The van der Waals surface area contributed by atoms with Crippen molar-refractivity contribution in [2.45, 2.75) is 70.5 Å². The fraction of sp³-hybridized carbons (Fsp3) is 0.462. The largest absolute Gasteiger partial charge is 0.352 e. The molecule has 0 aliphatic heterocycles. The standard InChI is InChI=1S/C26H37N3O4S/c1-6-24(26(31)27-20(2)3)29(19-22-13-10-12-21(4)18-22)25(30)16-11-17-28(5)34(32,33)23-14-8-7-9-15-23/h7-10,12-15,18,20,24H,6,11,16-17,19H2,1-5H3,(H,27,31)/t24-/m1/s1. The number of hydrogen-bond acceptors (Lipinski definition) is 4. The Morgan fingerprint density at radius 3 is 2.29 bits per heavy atom. The van der Waals surface area contributed by atoms with Gasteiger partial charge in [-0.1, -0.05) is 55.0 Å². The molecule has 1 N–H and O–H groups in total. The molecule has 186 valence electrons. The second kappa shape index (κ2) is 12.7. The molecule has 7 nitrogen and oxygen atoms in total. The van der Waals surface area contributed by atoms with Gasteiger partial charge in [0, 0.05) is 32.6 Å². The second-order valence-electron chi connectivity index (χ2n) is 8.84. The molecule has 0 bridgehead atoms. The third-order valence-corrected chi connectivity index (χ3v) is 7.44. The average Bonchev–Trinajstić information content (AvgIpc) is 2.78. The Kier molecular flexibility index (Phi) is 10.3. The SMILES string of the molecule is CC[C@H](C(=O)NC(C)C)N(Cc1cccc(C)c1)C(=O)CCCN(C)S(=O)(=O)c1ccccc1. The number of hydrogen-bond donors (Lipinski definition) is 1. The quantitative estimate of drug-likeness (QED) is 0.494. The maximum atomic E-state index is 13.3. The molecule has 0 aliphatic carbocycles. The van der Waals surface area contributed by atoms with Crippen LogP contribution in [-0.4, -0.2) is 55.1 Å². The summed E-state index contributed by atoms with van der Waals surface area (Å²) in [5.41, 5.74) is 2.03.